The van der Waals surface area contributed by atoms with Crippen molar-refractivity contribution < 1.29 is 9.53 Å². The van der Waals surface area contributed by atoms with Crippen molar-refractivity contribution in [2.75, 3.05) is 5.75 Å². The molecule has 0 amide bonds. The number of benzene rings is 2. The van der Waals surface area contributed by atoms with Crippen LogP contribution in [0.3, 0.4) is 0 Å². The Morgan fingerprint density at radius 3 is 2.56 bits per heavy atom. The van der Waals surface area contributed by atoms with Crippen molar-refractivity contribution in [2.45, 2.75) is 56.8 Å². The molecule has 0 bridgehead atoms. The van der Waals surface area contributed by atoms with E-state index in [0.717, 1.165) is 29.5 Å². The van der Waals surface area contributed by atoms with Gasteiger partial charge in [0, 0.05) is 16.9 Å². The molecule has 3 rings (SSSR count). The summed E-state index contributed by atoms with van der Waals surface area (Å²) in [5.74, 6) is 1.14. The maximum Gasteiger partial charge on any atom is 0.306 e. The van der Waals surface area contributed by atoms with E-state index in [9.17, 15) is 4.79 Å². The highest BCUT2D eigenvalue weighted by Crippen LogP contribution is 2.49. The average molecular weight is 401 g/mol. The molecular weight excluding hydrogens is 372 g/mol. The number of carbonyl (C=O) groups excluding carboxylic acids is 1. The zero-order valence-corrected chi connectivity index (χ0v) is 17.8. The molecule has 0 spiro atoms. The van der Waals surface area contributed by atoms with E-state index in [2.05, 4.69) is 26.0 Å². The molecule has 2 aromatic rings. The van der Waals surface area contributed by atoms with Gasteiger partial charge in [0.15, 0.2) is 6.10 Å². The largest absolute Gasteiger partial charge is 0.453 e. The molecule has 1 aliphatic heterocycles. The van der Waals surface area contributed by atoms with Crippen LogP contribution in [-0.2, 0) is 9.53 Å². The number of rotatable bonds is 8. The van der Waals surface area contributed by atoms with Crippen LogP contribution in [0.1, 0.15) is 61.8 Å². The van der Waals surface area contributed by atoms with Crippen molar-refractivity contribution in [3.63, 3.8) is 0 Å². The molecule has 0 saturated carbocycles. The van der Waals surface area contributed by atoms with Gasteiger partial charge in [-0.1, -0.05) is 82.6 Å². The van der Waals surface area contributed by atoms with Crippen LogP contribution in [0.2, 0.25) is 0 Å². The topological polar surface area (TPSA) is 26.3 Å². The fourth-order valence-corrected chi connectivity index (χ4v) is 6.73. The summed E-state index contributed by atoms with van der Waals surface area (Å²) in [4.78, 5) is 12.6. The lowest BCUT2D eigenvalue weighted by Crippen LogP contribution is -2.16. The summed E-state index contributed by atoms with van der Waals surface area (Å²) in [6.45, 7) is 4.41. The van der Waals surface area contributed by atoms with E-state index in [0.29, 0.717) is 11.2 Å². The normalized spacial score (nSPS) is 20.4. The number of hydrogen-bond acceptors (Lipinski definition) is 4. The summed E-state index contributed by atoms with van der Waals surface area (Å²) in [6, 6.07) is 18.2. The number of unbranched alkanes of at least 4 members (excludes halogenated alkanes) is 1. The molecule has 2 aromatic carbocycles. The third kappa shape index (κ3) is 5.79. The second-order valence-electron chi connectivity index (χ2n) is 7.45. The Kier molecular flexibility index (Phi) is 7.31. The maximum absolute atomic E-state index is 12.6. The smallest absolute Gasteiger partial charge is 0.306 e. The van der Waals surface area contributed by atoms with Gasteiger partial charge in [0.05, 0.1) is 0 Å². The highest BCUT2D eigenvalue weighted by Gasteiger charge is 2.29. The van der Waals surface area contributed by atoms with E-state index in [1.165, 1.54) is 18.6 Å². The van der Waals surface area contributed by atoms with Gasteiger partial charge in [0.1, 0.15) is 0 Å². The molecule has 1 aliphatic rings. The maximum atomic E-state index is 12.6. The summed E-state index contributed by atoms with van der Waals surface area (Å²) in [5, 5.41) is 0. The van der Waals surface area contributed by atoms with Crippen LogP contribution in [0.5, 0.6) is 0 Å². The minimum Gasteiger partial charge on any atom is -0.453 e. The molecule has 27 heavy (non-hydrogen) atoms. The number of ether oxygens (including phenoxy) is 1. The Balaban J connectivity index is 1.59. The second-order valence-corrected chi connectivity index (χ2v) is 10.5. The van der Waals surface area contributed by atoms with Gasteiger partial charge in [-0.3, -0.25) is 4.79 Å². The standard InChI is InChI=1S/C23H28O2S2/c1-18-10-6-7-13-20(18)22(19-11-4-3-5-12-19)25-21(24)14-8-9-15-23(2)16-17-26-27-23/h3-7,10-13,22H,8-9,14-17H2,1-2H3/t22?,23-/m1/s1. The van der Waals surface area contributed by atoms with Gasteiger partial charge in [-0.05, 0) is 49.8 Å². The highest BCUT2D eigenvalue weighted by atomic mass is 33.1. The van der Waals surface area contributed by atoms with Crippen LogP contribution < -0.4 is 0 Å². The zero-order chi connectivity index (χ0) is 19.1. The molecule has 2 atom stereocenters. The summed E-state index contributed by atoms with van der Waals surface area (Å²) >= 11 is 0. The summed E-state index contributed by atoms with van der Waals surface area (Å²) in [6.07, 6.45) is 4.59. The van der Waals surface area contributed by atoms with Gasteiger partial charge in [0.25, 0.3) is 0 Å². The van der Waals surface area contributed by atoms with E-state index >= 15 is 0 Å². The Labute approximate surface area is 170 Å². The fraction of sp³-hybridized carbons (Fsp3) is 0.435. The first-order valence-corrected chi connectivity index (χ1v) is 12.0. The lowest BCUT2D eigenvalue weighted by molar-refractivity contribution is -0.147. The summed E-state index contributed by atoms with van der Waals surface area (Å²) in [7, 11) is 3.99. The van der Waals surface area contributed by atoms with Crippen LogP contribution in [0, 0.1) is 6.92 Å². The Morgan fingerprint density at radius 1 is 1.11 bits per heavy atom. The molecule has 0 aliphatic carbocycles. The number of hydrogen-bond donors (Lipinski definition) is 0. The van der Waals surface area contributed by atoms with Crippen LogP contribution in [0.15, 0.2) is 54.6 Å². The van der Waals surface area contributed by atoms with Crippen LogP contribution >= 0.6 is 21.6 Å². The van der Waals surface area contributed by atoms with Crippen molar-refractivity contribution in [2.24, 2.45) is 0 Å². The van der Waals surface area contributed by atoms with E-state index < -0.39 is 0 Å². The molecule has 1 heterocycles. The monoisotopic (exact) mass is 400 g/mol. The fourth-order valence-electron chi connectivity index (χ4n) is 3.43. The van der Waals surface area contributed by atoms with Crippen LogP contribution in [0.25, 0.3) is 0 Å². The number of esters is 1. The van der Waals surface area contributed by atoms with Gasteiger partial charge >= 0.3 is 5.97 Å². The summed E-state index contributed by atoms with van der Waals surface area (Å²) in [5.41, 5.74) is 3.22. The highest BCUT2D eigenvalue weighted by molar-refractivity contribution is 8.77. The predicted octanol–water partition coefficient (Wildman–Crippen LogP) is 6.73. The second kappa shape index (κ2) is 9.70. The third-order valence-corrected chi connectivity index (χ3v) is 8.49. The van der Waals surface area contributed by atoms with Crippen molar-refractivity contribution in [3.05, 3.63) is 71.3 Å². The molecule has 0 aromatic heterocycles. The Hall–Kier alpha value is -1.39. The van der Waals surface area contributed by atoms with Gasteiger partial charge in [0.2, 0.25) is 0 Å². The van der Waals surface area contributed by atoms with Crippen molar-refractivity contribution in [3.8, 4) is 0 Å². The van der Waals surface area contributed by atoms with E-state index in [-0.39, 0.29) is 12.1 Å². The zero-order valence-electron chi connectivity index (χ0n) is 16.1. The van der Waals surface area contributed by atoms with Gasteiger partial charge in [-0.25, -0.2) is 0 Å². The lowest BCUT2D eigenvalue weighted by atomic mass is 9.97. The molecule has 2 nitrogen and oxygen atoms in total. The average Bonchev–Trinajstić information content (AvgIpc) is 3.11. The molecule has 1 saturated heterocycles. The molecule has 144 valence electrons. The molecule has 1 unspecified atom stereocenters. The van der Waals surface area contributed by atoms with Crippen molar-refractivity contribution in [1.29, 1.82) is 0 Å². The molecule has 4 heteroatoms. The van der Waals surface area contributed by atoms with Gasteiger partial charge in [-0.2, -0.15) is 0 Å². The number of carbonyl (C=O) groups is 1. The van der Waals surface area contributed by atoms with E-state index in [1.807, 2.05) is 64.1 Å². The first-order chi connectivity index (χ1) is 13.1. The summed E-state index contributed by atoms with van der Waals surface area (Å²) < 4.78 is 6.34. The predicted molar refractivity (Wildman–Crippen MR) is 117 cm³/mol. The van der Waals surface area contributed by atoms with E-state index in [1.54, 1.807) is 0 Å². The molecule has 0 radical (unpaired) electrons. The molecule has 1 fully saturated rings. The van der Waals surface area contributed by atoms with Crippen LogP contribution in [-0.4, -0.2) is 16.5 Å². The quantitative estimate of drug-likeness (QED) is 0.279. The van der Waals surface area contributed by atoms with Gasteiger partial charge < -0.3 is 4.74 Å². The molecular formula is C23H28O2S2. The Bertz CT molecular complexity index is 739. The number of aryl methyl sites for hydroxylation is 1. The first-order valence-electron chi connectivity index (χ1n) is 9.68. The Morgan fingerprint density at radius 2 is 1.85 bits per heavy atom. The third-order valence-electron chi connectivity index (χ3n) is 5.13. The molecule has 0 N–H and O–H groups in total. The van der Waals surface area contributed by atoms with Crippen molar-refractivity contribution in [1.82, 2.24) is 0 Å². The van der Waals surface area contributed by atoms with Crippen molar-refractivity contribution >= 4 is 27.6 Å². The van der Waals surface area contributed by atoms with E-state index in [4.69, 9.17) is 4.74 Å². The van der Waals surface area contributed by atoms with Gasteiger partial charge in [-0.15, -0.1) is 0 Å². The minimum absolute atomic E-state index is 0.106. The first kappa shape index (κ1) is 20.3. The van der Waals surface area contributed by atoms with Crippen LogP contribution in [0.4, 0.5) is 0 Å². The lowest BCUT2D eigenvalue weighted by Gasteiger charge is -2.22. The SMILES string of the molecule is Cc1ccccc1C(OC(=O)CCCC[C@]1(C)CCSS1)c1ccccc1. The minimum atomic E-state index is -0.334.